The molecule has 0 atom stereocenters. The van der Waals surface area contributed by atoms with Gasteiger partial charge in [-0.05, 0) is 24.3 Å². The van der Waals surface area contributed by atoms with Crippen molar-refractivity contribution in [1.82, 2.24) is 14.6 Å². The molecule has 6 heteroatoms. The minimum Gasteiger partial charge on any atom is -0.234 e. The van der Waals surface area contributed by atoms with Crippen molar-refractivity contribution in [3.05, 3.63) is 29.8 Å². The molecule has 3 rings (SSSR count). The van der Waals surface area contributed by atoms with Crippen LogP contribution in [-0.4, -0.2) is 26.9 Å². The Balaban J connectivity index is 2.16. The van der Waals surface area contributed by atoms with Gasteiger partial charge in [0, 0.05) is 5.69 Å². The van der Waals surface area contributed by atoms with Crippen molar-refractivity contribution in [2.24, 2.45) is 15.4 Å². The van der Waals surface area contributed by atoms with Crippen LogP contribution in [0.3, 0.4) is 0 Å². The molecule has 2 aromatic rings. The number of aromatic nitrogens is 3. The fourth-order valence-corrected chi connectivity index (χ4v) is 1.50. The zero-order chi connectivity index (χ0) is 10.3. The van der Waals surface area contributed by atoms with Crippen molar-refractivity contribution in [3.63, 3.8) is 0 Å². The Morgan fingerprint density at radius 2 is 2.27 bits per heavy atom. The summed E-state index contributed by atoms with van der Waals surface area (Å²) >= 11 is 0. The normalized spacial score (nSPS) is 14.9. The molecule has 0 aliphatic carbocycles. The van der Waals surface area contributed by atoms with Gasteiger partial charge in [-0.1, -0.05) is 0 Å². The molecule has 6 nitrogen and oxygen atoms in total. The van der Waals surface area contributed by atoms with Crippen LogP contribution in [0, 0.1) is 6.92 Å². The molecule has 0 spiro atoms. The molecule has 0 radical (unpaired) electrons. The second-order valence-electron chi connectivity index (χ2n) is 3.33. The molecule has 3 heterocycles. The molecule has 1 aliphatic heterocycles. The zero-order valence-corrected chi connectivity index (χ0v) is 8.12. The highest BCUT2D eigenvalue weighted by Crippen LogP contribution is 2.08. The fourth-order valence-electron chi connectivity index (χ4n) is 1.50. The first kappa shape index (κ1) is 8.22. The summed E-state index contributed by atoms with van der Waals surface area (Å²) in [4.78, 5) is 4.22. The van der Waals surface area contributed by atoms with E-state index >= 15 is 0 Å². The van der Waals surface area contributed by atoms with E-state index in [-0.39, 0.29) is 0 Å². The van der Waals surface area contributed by atoms with Gasteiger partial charge >= 0.3 is 0 Å². The van der Waals surface area contributed by atoms with Crippen LogP contribution in [0.1, 0.15) is 11.5 Å². The van der Waals surface area contributed by atoms with Gasteiger partial charge in [-0.2, -0.15) is 5.11 Å². The SMILES string of the molecule is Cc1ccc2cnc(C3=NN=NC3)nn12. The lowest BCUT2D eigenvalue weighted by Crippen LogP contribution is -2.11. The van der Waals surface area contributed by atoms with Crippen LogP contribution in [0.2, 0.25) is 0 Å². The third-order valence-electron chi connectivity index (χ3n) is 2.30. The molecule has 0 aromatic carbocycles. The molecule has 0 N–H and O–H groups in total. The average Bonchev–Trinajstić information content (AvgIpc) is 2.88. The maximum atomic E-state index is 4.37. The van der Waals surface area contributed by atoms with Crippen molar-refractivity contribution < 1.29 is 0 Å². The Bertz CT molecular complexity index is 579. The van der Waals surface area contributed by atoms with Gasteiger partial charge in [-0.3, -0.25) is 0 Å². The smallest absolute Gasteiger partial charge is 0.198 e. The Kier molecular flexibility index (Phi) is 1.61. The summed E-state index contributed by atoms with van der Waals surface area (Å²) in [6.45, 7) is 2.46. The number of fused-ring (bicyclic) bond motifs is 1. The van der Waals surface area contributed by atoms with Crippen LogP contribution >= 0.6 is 0 Å². The molecule has 2 aromatic heterocycles. The van der Waals surface area contributed by atoms with Crippen molar-refractivity contribution in [3.8, 4) is 0 Å². The lowest BCUT2D eigenvalue weighted by atomic mass is 10.3. The number of hydrogen-bond donors (Lipinski definition) is 0. The summed E-state index contributed by atoms with van der Waals surface area (Å²) in [5.41, 5.74) is 2.76. The molecule has 0 amide bonds. The largest absolute Gasteiger partial charge is 0.234 e. The van der Waals surface area contributed by atoms with E-state index in [0.717, 1.165) is 11.2 Å². The van der Waals surface area contributed by atoms with E-state index in [1.807, 2.05) is 23.6 Å². The predicted octanol–water partition coefficient (Wildman–Crippen LogP) is 1.21. The Morgan fingerprint density at radius 1 is 1.33 bits per heavy atom. The van der Waals surface area contributed by atoms with E-state index in [1.54, 1.807) is 6.20 Å². The van der Waals surface area contributed by atoms with Gasteiger partial charge in [0.25, 0.3) is 0 Å². The Labute approximate surface area is 85.4 Å². The maximum absolute atomic E-state index is 4.37. The number of rotatable bonds is 1. The number of aryl methyl sites for hydroxylation is 1. The molecule has 0 unspecified atom stereocenters. The molecule has 1 aliphatic rings. The van der Waals surface area contributed by atoms with Gasteiger partial charge in [-0.15, -0.1) is 10.2 Å². The van der Waals surface area contributed by atoms with E-state index in [9.17, 15) is 0 Å². The Hall–Kier alpha value is -2.11. The first-order valence-electron chi connectivity index (χ1n) is 4.60. The average molecular weight is 200 g/mol. The highest BCUT2D eigenvalue weighted by Gasteiger charge is 2.12. The quantitative estimate of drug-likeness (QED) is 0.694. The summed E-state index contributed by atoms with van der Waals surface area (Å²) in [5, 5.41) is 15.6. The monoisotopic (exact) mass is 200 g/mol. The highest BCUT2D eigenvalue weighted by atomic mass is 15.4. The van der Waals surface area contributed by atoms with E-state index in [4.69, 9.17) is 0 Å². The van der Waals surface area contributed by atoms with Crippen molar-refractivity contribution in [2.45, 2.75) is 6.92 Å². The van der Waals surface area contributed by atoms with Crippen molar-refractivity contribution >= 4 is 11.2 Å². The van der Waals surface area contributed by atoms with Crippen molar-refractivity contribution in [2.75, 3.05) is 6.54 Å². The summed E-state index contributed by atoms with van der Waals surface area (Å²) in [6.07, 6.45) is 1.77. The first-order valence-corrected chi connectivity index (χ1v) is 4.60. The van der Waals surface area contributed by atoms with Crippen LogP contribution in [0.25, 0.3) is 5.52 Å². The minimum atomic E-state index is 0.464. The molecular formula is C9H8N6. The van der Waals surface area contributed by atoms with Crippen LogP contribution in [-0.2, 0) is 0 Å². The molecule has 0 saturated carbocycles. The van der Waals surface area contributed by atoms with Gasteiger partial charge in [0.05, 0.1) is 11.7 Å². The molecular weight excluding hydrogens is 192 g/mol. The lowest BCUT2D eigenvalue weighted by molar-refractivity contribution is 0.859. The van der Waals surface area contributed by atoms with Crippen LogP contribution < -0.4 is 0 Å². The van der Waals surface area contributed by atoms with Crippen LogP contribution in [0.4, 0.5) is 0 Å². The van der Waals surface area contributed by atoms with Crippen LogP contribution in [0.15, 0.2) is 33.8 Å². The standard InChI is InChI=1S/C9H8N6/c1-6-2-3-7-4-10-9(13-15(6)7)8-5-11-14-12-8/h2-4H,5H2,1H3. The van der Waals surface area contributed by atoms with Crippen molar-refractivity contribution in [1.29, 1.82) is 0 Å². The summed E-state index contributed by atoms with van der Waals surface area (Å²) in [5.74, 6) is 0.590. The predicted molar refractivity (Wildman–Crippen MR) is 54.0 cm³/mol. The van der Waals surface area contributed by atoms with E-state index < -0.39 is 0 Å². The third-order valence-corrected chi connectivity index (χ3v) is 2.30. The summed E-state index contributed by atoms with van der Waals surface area (Å²) in [7, 11) is 0. The van der Waals surface area contributed by atoms with Gasteiger partial charge < -0.3 is 0 Å². The summed E-state index contributed by atoms with van der Waals surface area (Å²) in [6, 6.07) is 3.98. The maximum Gasteiger partial charge on any atom is 0.198 e. The van der Waals surface area contributed by atoms with Gasteiger partial charge in [-0.25, -0.2) is 9.50 Å². The molecule has 0 saturated heterocycles. The van der Waals surface area contributed by atoms with E-state index in [1.165, 1.54) is 0 Å². The second-order valence-corrected chi connectivity index (χ2v) is 3.33. The molecule has 74 valence electrons. The molecule has 0 bridgehead atoms. The number of hydrogen-bond acceptors (Lipinski definition) is 5. The topological polar surface area (TPSA) is 67.3 Å². The van der Waals surface area contributed by atoms with Crippen LogP contribution in [0.5, 0.6) is 0 Å². The lowest BCUT2D eigenvalue weighted by Gasteiger charge is -1.99. The number of nitrogens with zero attached hydrogens (tertiary/aromatic N) is 6. The van der Waals surface area contributed by atoms with Gasteiger partial charge in [0.1, 0.15) is 12.3 Å². The van der Waals surface area contributed by atoms with E-state index in [0.29, 0.717) is 18.1 Å². The third kappa shape index (κ3) is 1.22. The van der Waals surface area contributed by atoms with Gasteiger partial charge in [0.15, 0.2) is 5.82 Å². The molecule has 0 fully saturated rings. The second kappa shape index (κ2) is 2.94. The fraction of sp³-hybridized carbons (Fsp3) is 0.222. The Morgan fingerprint density at radius 3 is 3.07 bits per heavy atom. The molecule has 15 heavy (non-hydrogen) atoms. The van der Waals surface area contributed by atoms with E-state index in [2.05, 4.69) is 25.5 Å². The summed E-state index contributed by atoms with van der Waals surface area (Å²) < 4.78 is 1.84. The van der Waals surface area contributed by atoms with Gasteiger partial charge in [0.2, 0.25) is 0 Å². The highest BCUT2D eigenvalue weighted by molar-refractivity contribution is 5.99. The first-order chi connectivity index (χ1) is 7.34. The minimum absolute atomic E-state index is 0.464. The zero-order valence-electron chi connectivity index (χ0n) is 8.12.